The molecule has 0 spiro atoms. The molecule has 1 aliphatic heterocycles. The fraction of sp³-hybridized carbons (Fsp3) is 0.267. The van der Waals surface area contributed by atoms with Crippen molar-refractivity contribution in [3.05, 3.63) is 34.7 Å². The van der Waals surface area contributed by atoms with Gasteiger partial charge in [-0.25, -0.2) is 4.39 Å². The number of aromatic nitrogens is 4. The molecule has 0 radical (unpaired) electrons. The number of hydrogen-bond donors (Lipinski definition) is 0. The van der Waals surface area contributed by atoms with Crippen molar-refractivity contribution < 1.29 is 22.3 Å². The molecule has 0 fully saturated rings. The van der Waals surface area contributed by atoms with Crippen molar-refractivity contribution in [2.24, 2.45) is 0 Å². The maximum atomic E-state index is 13.5. The van der Waals surface area contributed by atoms with Gasteiger partial charge in [0.05, 0.1) is 12.1 Å². The lowest BCUT2D eigenvalue weighted by Crippen LogP contribution is -2.30. The summed E-state index contributed by atoms with van der Waals surface area (Å²) < 4.78 is 59.2. The van der Waals surface area contributed by atoms with Gasteiger partial charge in [-0.2, -0.15) is 17.7 Å². The van der Waals surface area contributed by atoms with Crippen molar-refractivity contribution in [3.8, 4) is 17.1 Å². The molecule has 3 heterocycles. The van der Waals surface area contributed by atoms with Crippen molar-refractivity contribution in [2.45, 2.75) is 6.18 Å². The van der Waals surface area contributed by atoms with Crippen LogP contribution in [-0.2, 0) is 6.18 Å². The molecule has 0 saturated carbocycles. The number of anilines is 1. The lowest BCUT2D eigenvalue weighted by molar-refractivity contribution is -0.139. The second-order valence-electron chi connectivity index (χ2n) is 5.69. The summed E-state index contributed by atoms with van der Waals surface area (Å²) in [6.07, 6.45) is -4.84. The molecule has 4 rings (SSSR count). The Hall–Kier alpha value is -2.62. The van der Waals surface area contributed by atoms with Gasteiger partial charge in [0.2, 0.25) is 5.65 Å². The lowest BCUT2D eigenvalue weighted by atomic mass is 10.1. The number of likely N-dealkylation sites (N-methyl/N-ethyl adjacent to an activating group) is 1. The molecule has 3 aromatic rings. The van der Waals surface area contributed by atoms with Crippen LogP contribution < -0.4 is 9.64 Å². The smallest absolute Gasteiger partial charge is 0.419 e. The van der Waals surface area contributed by atoms with Crippen LogP contribution in [0.25, 0.3) is 17.0 Å². The molecule has 2 aromatic heterocycles. The van der Waals surface area contributed by atoms with E-state index in [0.717, 1.165) is 6.07 Å². The Kier molecular flexibility index (Phi) is 3.69. The first-order chi connectivity index (χ1) is 12.3. The molecule has 6 nitrogen and oxygen atoms in total. The molecule has 0 aliphatic carbocycles. The Balaban J connectivity index is 1.93. The summed E-state index contributed by atoms with van der Waals surface area (Å²) in [6.45, 7) is 0.981. The van der Waals surface area contributed by atoms with Gasteiger partial charge >= 0.3 is 6.18 Å². The van der Waals surface area contributed by atoms with Gasteiger partial charge in [-0.05, 0) is 18.2 Å². The maximum Gasteiger partial charge on any atom is 0.419 e. The Labute approximate surface area is 148 Å². The van der Waals surface area contributed by atoms with Gasteiger partial charge in [0.15, 0.2) is 16.7 Å². The predicted octanol–water partition coefficient (Wildman–Crippen LogP) is 3.43. The Morgan fingerprint density at radius 3 is 2.73 bits per heavy atom. The molecule has 1 aromatic carbocycles. The second kappa shape index (κ2) is 5.70. The van der Waals surface area contributed by atoms with Crippen LogP contribution in [0.4, 0.5) is 23.2 Å². The molecule has 0 atom stereocenters. The zero-order valence-corrected chi connectivity index (χ0v) is 13.9. The molecule has 0 bridgehead atoms. The maximum absolute atomic E-state index is 13.5. The first kappa shape index (κ1) is 16.8. The fourth-order valence-electron chi connectivity index (χ4n) is 2.77. The van der Waals surface area contributed by atoms with E-state index in [1.54, 1.807) is 7.05 Å². The summed E-state index contributed by atoms with van der Waals surface area (Å²) in [5.41, 5.74) is -0.658. The molecule has 0 saturated heterocycles. The van der Waals surface area contributed by atoms with E-state index < -0.39 is 17.6 Å². The van der Waals surface area contributed by atoms with E-state index in [-0.39, 0.29) is 22.2 Å². The minimum absolute atomic E-state index is 0.00101. The van der Waals surface area contributed by atoms with Crippen molar-refractivity contribution in [2.75, 3.05) is 25.1 Å². The van der Waals surface area contributed by atoms with Gasteiger partial charge in [0.1, 0.15) is 18.1 Å². The van der Waals surface area contributed by atoms with Gasteiger partial charge in [0.25, 0.3) is 0 Å². The van der Waals surface area contributed by atoms with Crippen molar-refractivity contribution >= 4 is 22.9 Å². The molecule has 1 aliphatic rings. The quantitative estimate of drug-likeness (QED) is 0.599. The van der Waals surface area contributed by atoms with Crippen LogP contribution in [0, 0.1) is 5.82 Å². The van der Waals surface area contributed by atoms with E-state index in [9.17, 15) is 17.6 Å². The zero-order valence-electron chi connectivity index (χ0n) is 13.2. The SMILES string of the molecule is CN1CCOc2c1c(Cl)nn1c(-c3ccc(F)c(C(F)(F)F)c3)nnc21. The first-order valence-electron chi connectivity index (χ1n) is 7.43. The molecule has 136 valence electrons. The van der Waals surface area contributed by atoms with Crippen LogP contribution in [0.1, 0.15) is 5.56 Å². The van der Waals surface area contributed by atoms with Crippen molar-refractivity contribution in [1.82, 2.24) is 19.8 Å². The van der Waals surface area contributed by atoms with Gasteiger partial charge in [-0.3, -0.25) is 0 Å². The minimum atomic E-state index is -4.84. The average Bonchev–Trinajstić information content (AvgIpc) is 2.98. The first-order valence-corrected chi connectivity index (χ1v) is 7.81. The van der Waals surface area contributed by atoms with Gasteiger partial charge < -0.3 is 9.64 Å². The second-order valence-corrected chi connectivity index (χ2v) is 6.05. The van der Waals surface area contributed by atoms with Crippen LogP contribution in [0.3, 0.4) is 0 Å². The molecule has 0 unspecified atom stereocenters. The van der Waals surface area contributed by atoms with Crippen LogP contribution in [0.2, 0.25) is 5.15 Å². The minimum Gasteiger partial charge on any atom is -0.486 e. The van der Waals surface area contributed by atoms with Gasteiger partial charge in [-0.15, -0.1) is 15.3 Å². The molecule has 0 N–H and O–H groups in total. The van der Waals surface area contributed by atoms with Crippen LogP contribution in [0.5, 0.6) is 5.75 Å². The summed E-state index contributed by atoms with van der Waals surface area (Å²) in [7, 11) is 1.80. The van der Waals surface area contributed by atoms with Crippen LogP contribution in [0.15, 0.2) is 18.2 Å². The van der Waals surface area contributed by atoms with Gasteiger partial charge in [0, 0.05) is 12.6 Å². The third-order valence-electron chi connectivity index (χ3n) is 4.03. The summed E-state index contributed by atoms with van der Waals surface area (Å²) in [5.74, 6) is -1.04. The standard InChI is InChI=1S/C15H10ClF4N5O/c1-24-4-5-26-11-10(24)12(16)23-25-13(21-22-14(11)25)7-2-3-9(17)8(6-7)15(18,19)20/h2-3,6H,4-5H2,1H3. The van der Waals surface area contributed by atoms with E-state index in [1.165, 1.54) is 10.6 Å². The topological polar surface area (TPSA) is 55.5 Å². The Morgan fingerprint density at radius 1 is 1.23 bits per heavy atom. The summed E-state index contributed by atoms with van der Waals surface area (Å²) in [6, 6.07) is 2.56. The highest BCUT2D eigenvalue weighted by molar-refractivity contribution is 6.32. The average molecular weight is 388 g/mol. The molecular formula is C15H10ClF4N5O. The fourth-order valence-corrected chi connectivity index (χ4v) is 3.08. The molecule has 11 heteroatoms. The highest BCUT2D eigenvalue weighted by Crippen LogP contribution is 2.40. The van der Waals surface area contributed by atoms with Crippen LogP contribution >= 0.6 is 11.6 Å². The van der Waals surface area contributed by atoms with E-state index in [1.807, 2.05) is 4.90 Å². The number of halogens is 5. The number of nitrogens with zero attached hydrogens (tertiary/aromatic N) is 5. The number of rotatable bonds is 1. The number of benzene rings is 1. The van der Waals surface area contributed by atoms with Crippen molar-refractivity contribution in [1.29, 1.82) is 0 Å². The molecular weight excluding hydrogens is 378 g/mol. The zero-order chi connectivity index (χ0) is 18.6. The third kappa shape index (κ3) is 2.52. The Morgan fingerprint density at radius 2 is 2.00 bits per heavy atom. The summed E-state index contributed by atoms with van der Waals surface area (Å²) in [4.78, 5) is 1.84. The van der Waals surface area contributed by atoms with Crippen molar-refractivity contribution in [3.63, 3.8) is 0 Å². The summed E-state index contributed by atoms with van der Waals surface area (Å²) >= 11 is 6.21. The van der Waals surface area contributed by atoms with E-state index >= 15 is 0 Å². The Bertz CT molecular complexity index is 1020. The van der Waals surface area contributed by atoms with E-state index in [0.29, 0.717) is 30.7 Å². The molecule has 0 amide bonds. The third-order valence-corrected chi connectivity index (χ3v) is 4.28. The summed E-state index contributed by atoms with van der Waals surface area (Å²) in [5, 5.41) is 12.1. The number of ether oxygens (including phenoxy) is 1. The largest absolute Gasteiger partial charge is 0.486 e. The molecule has 26 heavy (non-hydrogen) atoms. The van der Waals surface area contributed by atoms with Gasteiger partial charge in [-0.1, -0.05) is 11.6 Å². The number of fused-ring (bicyclic) bond motifs is 3. The van der Waals surface area contributed by atoms with Crippen LogP contribution in [-0.4, -0.2) is 40.0 Å². The number of hydrogen-bond acceptors (Lipinski definition) is 5. The highest BCUT2D eigenvalue weighted by atomic mass is 35.5. The normalized spacial score (nSPS) is 14.5. The monoisotopic (exact) mass is 387 g/mol. The number of alkyl halides is 3. The predicted molar refractivity (Wildman–Crippen MR) is 85.0 cm³/mol. The van der Waals surface area contributed by atoms with E-state index in [4.69, 9.17) is 16.3 Å². The highest BCUT2D eigenvalue weighted by Gasteiger charge is 2.35. The lowest BCUT2D eigenvalue weighted by Gasteiger charge is -2.27. The van der Waals surface area contributed by atoms with E-state index in [2.05, 4.69) is 15.3 Å².